The Morgan fingerprint density at radius 1 is 1.48 bits per heavy atom. The molecule has 0 amide bonds. The fourth-order valence-corrected chi connectivity index (χ4v) is 2.90. The van der Waals surface area contributed by atoms with Gasteiger partial charge in [0.25, 0.3) is 0 Å². The summed E-state index contributed by atoms with van der Waals surface area (Å²) in [5.41, 5.74) is 6.55. The summed E-state index contributed by atoms with van der Waals surface area (Å²) in [5.74, 6) is 0.685. The Morgan fingerprint density at radius 2 is 2.31 bits per heavy atom. The van der Waals surface area contributed by atoms with Gasteiger partial charge < -0.3 is 30.7 Å². The predicted octanol–water partition coefficient (Wildman–Crippen LogP) is 0.729. The number of thiocarbonyl (C=S) groups is 1. The number of nitrogens with two attached hydrogens (primary N) is 1. The van der Waals surface area contributed by atoms with Gasteiger partial charge >= 0.3 is 0 Å². The van der Waals surface area contributed by atoms with Crippen molar-refractivity contribution in [1.29, 1.82) is 0 Å². The Bertz CT molecular complexity index is 758. The molecule has 1 fully saturated rings. The summed E-state index contributed by atoms with van der Waals surface area (Å²) in [4.78, 5) is 0. The van der Waals surface area contributed by atoms with Crippen molar-refractivity contribution in [3.63, 3.8) is 0 Å². The van der Waals surface area contributed by atoms with Gasteiger partial charge in [0.05, 0.1) is 31.6 Å². The van der Waals surface area contributed by atoms with Gasteiger partial charge in [0.2, 0.25) is 0 Å². The van der Waals surface area contributed by atoms with Crippen LogP contribution in [-0.2, 0) is 24.5 Å². The molecule has 0 aliphatic carbocycles. The van der Waals surface area contributed by atoms with E-state index in [0.717, 1.165) is 17.8 Å². The number of hydrogen-bond acceptors (Lipinski definition) is 7. The zero-order valence-corrected chi connectivity index (χ0v) is 17.3. The number of nitrogens with one attached hydrogen (secondary N) is 1. The van der Waals surface area contributed by atoms with Crippen molar-refractivity contribution in [2.45, 2.75) is 51.7 Å². The number of aliphatic hydroxyl groups excluding tert-OH is 2. The molecule has 0 spiro atoms. The fourth-order valence-electron chi connectivity index (χ4n) is 2.76. The van der Waals surface area contributed by atoms with Crippen LogP contribution >= 0.6 is 12.2 Å². The van der Waals surface area contributed by atoms with Crippen LogP contribution in [-0.4, -0.2) is 55.7 Å². The molecule has 1 saturated heterocycles. The third-order valence-corrected chi connectivity index (χ3v) is 4.28. The van der Waals surface area contributed by atoms with E-state index in [1.54, 1.807) is 10.7 Å². The van der Waals surface area contributed by atoms with Gasteiger partial charge in [-0.2, -0.15) is 0 Å². The molecule has 10 heteroatoms. The minimum Gasteiger partial charge on any atom is -0.487 e. The van der Waals surface area contributed by atoms with Gasteiger partial charge in [0.15, 0.2) is 5.11 Å². The minimum absolute atomic E-state index is 0.0133. The van der Waals surface area contributed by atoms with E-state index in [0.29, 0.717) is 43.5 Å². The van der Waals surface area contributed by atoms with Crippen molar-refractivity contribution in [1.82, 2.24) is 20.3 Å². The third kappa shape index (κ3) is 8.73. The van der Waals surface area contributed by atoms with Crippen molar-refractivity contribution >= 4 is 17.3 Å². The van der Waals surface area contributed by atoms with Crippen LogP contribution in [0.4, 0.5) is 0 Å². The molecule has 9 nitrogen and oxygen atoms in total. The molecule has 1 aromatic heterocycles. The zero-order valence-electron chi connectivity index (χ0n) is 16.5. The summed E-state index contributed by atoms with van der Waals surface area (Å²) in [7, 11) is 0. The monoisotopic (exact) mass is 423 g/mol. The lowest BCUT2D eigenvalue weighted by molar-refractivity contribution is -0.0512. The van der Waals surface area contributed by atoms with Gasteiger partial charge in [-0.15, -0.1) is 5.10 Å². The molecule has 0 saturated carbocycles. The second-order valence-electron chi connectivity index (χ2n) is 6.59. The lowest BCUT2D eigenvalue weighted by Gasteiger charge is -2.26. The topological polar surface area (TPSA) is 128 Å². The summed E-state index contributed by atoms with van der Waals surface area (Å²) in [6, 6.07) is 7.30. The summed E-state index contributed by atoms with van der Waals surface area (Å²) in [6.07, 6.45) is 2.81. The van der Waals surface area contributed by atoms with Crippen molar-refractivity contribution in [3.05, 3.63) is 41.7 Å². The van der Waals surface area contributed by atoms with Crippen LogP contribution in [0.1, 0.15) is 31.0 Å². The lowest BCUT2D eigenvalue weighted by atomic mass is 10.1. The van der Waals surface area contributed by atoms with Crippen molar-refractivity contribution in [3.8, 4) is 5.75 Å². The van der Waals surface area contributed by atoms with E-state index in [1.165, 1.54) is 0 Å². The summed E-state index contributed by atoms with van der Waals surface area (Å²) in [6.45, 7) is 4.21. The number of hydrogen-bond donors (Lipinski definition) is 4. The molecule has 29 heavy (non-hydrogen) atoms. The average molecular weight is 424 g/mol. The van der Waals surface area contributed by atoms with Gasteiger partial charge in [-0.25, -0.2) is 4.68 Å². The number of benzene rings is 1. The van der Waals surface area contributed by atoms with Gasteiger partial charge in [0.1, 0.15) is 18.1 Å². The Balaban J connectivity index is 0.000000438. The van der Waals surface area contributed by atoms with Gasteiger partial charge in [-0.3, -0.25) is 0 Å². The highest BCUT2D eigenvalue weighted by Gasteiger charge is 2.21. The highest BCUT2D eigenvalue weighted by molar-refractivity contribution is 7.80. The van der Waals surface area contributed by atoms with Crippen LogP contribution < -0.4 is 15.8 Å². The van der Waals surface area contributed by atoms with Crippen molar-refractivity contribution in [2.75, 3.05) is 13.2 Å². The van der Waals surface area contributed by atoms with E-state index in [2.05, 4.69) is 27.8 Å². The average Bonchev–Trinajstić information content (AvgIpc) is 3.14. The van der Waals surface area contributed by atoms with Crippen LogP contribution in [0.3, 0.4) is 0 Å². The van der Waals surface area contributed by atoms with E-state index in [1.807, 2.05) is 31.3 Å². The Morgan fingerprint density at radius 3 is 2.97 bits per heavy atom. The first-order valence-corrected chi connectivity index (χ1v) is 9.95. The van der Waals surface area contributed by atoms with Crippen LogP contribution in [0.25, 0.3) is 0 Å². The predicted molar refractivity (Wildman–Crippen MR) is 112 cm³/mol. The minimum atomic E-state index is -0.293. The van der Waals surface area contributed by atoms with E-state index >= 15 is 0 Å². The smallest absolute Gasteiger partial charge is 0.163 e. The first-order chi connectivity index (χ1) is 14.0. The van der Waals surface area contributed by atoms with Gasteiger partial charge in [-0.1, -0.05) is 17.3 Å². The molecule has 5 N–H and O–H groups in total. The lowest BCUT2D eigenvalue weighted by Crippen LogP contribution is -2.32. The molecular weight excluding hydrogens is 394 g/mol. The highest BCUT2D eigenvalue weighted by atomic mass is 32.1. The molecule has 0 bridgehead atoms. The van der Waals surface area contributed by atoms with Crippen LogP contribution in [0, 0.1) is 0 Å². The molecule has 1 aliphatic rings. The zero-order chi connectivity index (χ0) is 21.1. The standard InChI is InChI=1S/C16H21N3O4.C3H8N2S/c20-10-12-2-1-3-15(6-12)23-11-13-8-19(18-17-13)9-16-7-14(21)4-5-22-16;1-2-5-3(4)6/h1-3,6,8,14,16,20-21H,4-5,7,9-11H2;2H2,1H3,(H3,4,5,6). The number of aliphatic hydroxyl groups is 2. The molecule has 1 aromatic carbocycles. The van der Waals surface area contributed by atoms with E-state index in [4.69, 9.17) is 20.3 Å². The molecule has 3 rings (SSSR count). The Labute approximate surface area is 175 Å². The third-order valence-electron chi connectivity index (χ3n) is 4.14. The molecule has 2 atom stereocenters. The van der Waals surface area contributed by atoms with E-state index in [-0.39, 0.29) is 18.8 Å². The summed E-state index contributed by atoms with van der Waals surface area (Å²) in [5, 5.41) is 30.0. The normalized spacial score (nSPS) is 18.4. The first kappa shape index (κ1) is 23.0. The molecule has 1 aliphatic heterocycles. The first-order valence-electron chi connectivity index (χ1n) is 9.54. The maximum absolute atomic E-state index is 9.65. The molecule has 0 radical (unpaired) electrons. The van der Waals surface area contributed by atoms with E-state index in [9.17, 15) is 5.11 Å². The summed E-state index contributed by atoms with van der Waals surface area (Å²) < 4.78 is 13.0. The van der Waals surface area contributed by atoms with E-state index < -0.39 is 0 Å². The number of rotatable bonds is 7. The second-order valence-corrected chi connectivity index (χ2v) is 7.03. The second kappa shape index (κ2) is 12.3. The van der Waals surface area contributed by atoms with Gasteiger partial charge in [-0.05, 0) is 43.3 Å². The van der Waals surface area contributed by atoms with Crippen LogP contribution in [0.5, 0.6) is 5.75 Å². The van der Waals surface area contributed by atoms with Crippen LogP contribution in [0.2, 0.25) is 0 Å². The quantitative estimate of drug-likeness (QED) is 0.477. The maximum Gasteiger partial charge on any atom is 0.163 e. The van der Waals surface area contributed by atoms with Crippen LogP contribution in [0.15, 0.2) is 30.5 Å². The molecule has 2 heterocycles. The SMILES string of the molecule is CCNC(N)=S.OCc1cccc(OCc2cn(CC3CC(O)CCO3)nn2)c1. The highest BCUT2D eigenvalue weighted by Crippen LogP contribution is 2.16. The van der Waals surface area contributed by atoms with Gasteiger partial charge in [0, 0.05) is 19.6 Å². The molecular formula is C19H29N5O4S. The Hall–Kier alpha value is -2.27. The van der Waals surface area contributed by atoms with Crippen molar-refractivity contribution < 1.29 is 19.7 Å². The summed E-state index contributed by atoms with van der Waals surface area (Å²) >= 11 is 4.46. The number of nitrogens with zero attached hydrogens (tertiary/aromatic N) is 3. The fraction of sp³-hybridized carbons (Fsp3) is 0.526. The number of ether oxygens (including phenoxy) is 2. The Kier molecular flexibility index (Phi) is 9.78. The molecule has 2 aromatic rings. The molecule has 2 unspecified atom stereocenters. The van der Waals surface area contributed by atoms with Crippen molar-refractivity contribution in [2.24, 2.45) is 5.73 Å². The maximum atomic E-state index is 9.65. The largest absolute Gasteiger partial charge is 0.487 e. The number of aromatic nitrogens is 3. The molecule has 160 valence electrons.